The highest BCUT2D eigenvalue weighted by atomic mass is 32.2. The monoisotopic (exact) mass is 550 g/mol. The molecule has 5 rings (SSSR count). The van der Waals surface area contributed by atoms with E-state index in [2.05, 4.69) is 24.7 Å². The Morgan fingerprint density at radius 2 is 1.67 bits per heavy atom. The summed E-state index contributed by atoms with van der Waals surface area (Å²) in [7, 11) is -1.08. The van der Waals surface area contributed by atoms with Crippen LogP contribution in [0.5, 0.6) is 23.1 Å². The van der Waals surface area contributed by atoms with Gasteiger partial charge in [0.2, 0.25) is 5.88 Å². The molecule has 4 aromatic heterocycles. The smallest absolute Gasteiger partial charge is 0.471 e. The zero-order valence-electron chi connectivity index (χ0n) is 21.1. The van der Waals surface area contributed by atoms with Gasteiger partial charge in [0, 0.05) is 18.2 Å². The number of ether oxygens (including phenoxy) is 3. The van der Waals surface area contributed by atoms with Crippen molar-refractivity contribution in [1.82, 2.24) is 24.5 Å². The van der Waals surface area contributed by atoms with Gasteiger partial charge in [0.15, 0.2) is 35.3 Å². The third kappa shape index (κ3) is 4.96. The first-order chi connectivity index (χ1) is 18.8. The van der Waals surface area contributed by atoms with Gasteiger partial charge in [-0.2, -0.15) is 0 Å². The standard InChI is InChI=1S/C25H23N7O6S/c1-4-38-21-10-5-7-17(27-21)24-29-23-25(32(24)22-18(36-2)8-6-9-19(22)37-3)28-20(15-26-23)30-39(34,35)31-13-11-16(33)12-14-31/h5-15H,4H2,1-3H3,(H,27,28,30)/p+1. The SMILES string of the molecule is CCOc1cccc(-c2nc3ncc(NS(=O)(=O)[n+]4ccc(O)cc4)nc3n2-c2c(OC)cccc2OC)n1. The lowest BCUT2D eigenvalue weighted by atomic mass is 10.2. The van der Waals surface area contributed by atoms with Crippen molar-refractivity contribution in [2.45, 2.75) is 6.92 Å². The summed E-state index contributed by atoms with van der Waals surface area (Å²) in [6, 6.07) is 13.0. The predicted octanol–water partition coefficient (Wildman–Crippen LogP) is 2.49. The van der Waals surface area contributed by atoms with Crippen LogP contribution in [0, 0.1) is 0 Å². The van der Waals surface area contributed by atoms with Gasteiger partial charge in [-0.1, -0.05) is 16.1 Å². The first-order valence-electron chi connectivity index (χ1n) is 11.6. The number of nitrogens with one attached hydrogen (secondary N) is 1. The van der Waals surface area contributed by atoms with Crippen LogP contribution in [0.2, 0.25) is 0 Å². The number of anilines is 1. The van der Waals surface area contributed by atoms with Crippen LogP contribution in [-0.2, 0) is 10.2 Å². The van der Waals surface area contributed by atoms with Crippen LogP contribution >= 0.6 is 0 Å². The first kappa shape index (κ1) is 25.7. The third-order valence-electron chi connectivity index (χ3n) is 5.54. The summed E-state index contributed by atoms with van der Waals surface area (Å²) < 4.78 is 47.7. The van der Waals surface area contributed by atoms with Crippen molar-refractivity contribution in [3.05, 3.63) is 67.1 Å². The molecule has 0 fully saturated rings. The zero-order valence-corrected chi connectivity index (χ0v) is 22.0. The first-order valence-corrected chi connectivity index (χ1v) is 13.1. The van der Waals surface area contributed by atoms with Crippen molar-refractivity contribution < 1.29 is 31.7 Å². The lowest BCUT2D eigenvalue weighted by Crippen LogP contribution is -2.46. The molecule has 13 nitrogen and oxygen atoms in total. The summed E-state index contributed by atoms with van der Waals surface area (Å²) in [4.78, 5) is 18.2. The number of pyridine rings is 2. The van der Waals surface area contributed by atoms with E-state index >= 15 is 0 Å². The van der Waals surface area contributed by atoms with E-state index in [1.54, 1.807) is 41.0 Å². The van der Waals surface area contributed by atoms with Gasteiger partial charge in [0.05, 0.1) is 27.0 Å². The van der Waals surface area contributed by atoms with Gasteiger partial charge in [0.1, 0.15) is 28.6 Å². The van der Waals surface area contributed by atoms with E-state index in [1.807, 2.05) is 6.92 Å². The molecular formula is C25H24N7O6S+. The Balaban J connectivity index is 1.73. The Kier molecular flexibility index (Phi) is 6.85. The minimum atomic E-state index is -4.11. The van der Waals surface area contributed by atoms with Gasteiger partial charge in [-0.3, -0.25) is 4.57 Å². The number of aromatic nitrogens is 6. The zero-order chi connectivity index (χ0) is 27.6. The van der Waals surface area contributed by atoms with Crippen LogP contribution in [0.3, 0.4) is 0 Å². The van der Waals surface area contributed by atoms with Gasteiger partial charge in [0.25, 0.3) is 0 Å². The summed E-state index contributed by atoms with van der Waals surface area (Å²) in [5, 5.41) is 9.50. The maximum absolute atomic E-state index is 12.9. The average molecular weight is 551 g/mol. The summed E-state index contributed by atoms with van der Waals surface area (Å²) in [5.74, 6) is 1.50. The number of para-hydroxylation sites is 1. The van der Waals surface area contributed by atoms with Crippen LogP contribution < -0.4 is 22.9 Å². The fraction of sp³-hybridized carbons (Fsp3) is 0.160. The van der Waals surface area contributed by atoms with Crippen LogP contribution in [0.15, 0.2) is 67.1 Å². The third-order valence-corrected chi connectivity index (χ3v) is 6.80. The number of hydrogen-bond acceptors (Lipinski definition) is 10. The van der Waals surface area contributed by atoms with Gasteiger partial charge in [-0.25, -0.2) is 24.7 Å². The predicted molar refractivity (Wildman–Crippen MR) is 140 cm³/mol. The van der Waals surface area contributed by atoms with E-state index in [1.165, 1.54) is 44.9 Å². The molecule has 0 amide bonds. The summed E-state index contributed by atoms with van der Waals surface area (Å²) >= 11 is 0. The molecule has 200 valence electrons. The molecule has 0 spiro atoms. The maximum atomic E-state index is 12.9. The molecule has 1 aromatic carbocycles. The molecule has 14 heteroatoms. The molecule has 0 aliphatic rings. The van der Waals surface area contributed by atoms with Gasteiger partial charge in [-0.05, 0) is 25.1 Å². The topological polar surface area (TPSA) is 154 Å². The number of imidazole rings is 1. The lowest BCUT2D eigenvalue weighted by Gasteiger charge is -2.16. The molecule has 5 aromatic rings. The van der Waals surface area contributed by atoms with Gasteiger partial charge >= 0.3 is 10.2 Å². The molecule has 0 bridgehead atoms. The quantitative estimate of drug-likeness (QED) is 0.262. The number of benzene rings is 1. The van der Waals surface area contributed by atoms with Crippen molar-refractivity contribution in [3.63, 3.8) is 0 Å². The van der Waals surface area contributed by atoms with Crippen LogP contribution in [0.1, 0.15) is 6.92 Å². The second-order valence-corrected chi connectivity index (χ2v) is 9.55. The number of methoxy groups -OCH3 is 2. The van der Waals surface area contributed by atoms with Gasteiger partial charge < -0.3 is 19.3 Å². The van der Waals surface area contributed by atoms with Gasteiger partial charge in [-0.15, -0.1) is 8.42 Å². The number of rotatable bonds is 9. The molecule has 0 aliphatic carbocycles. The molecule has 0 unspecified atom stereocenters. The maximum Gasteiger partial charge on any atom is 0.471 e. The summed E-state index contributed by atoms with van der Waals surface area (Å²) in [6.07, 6.45) is 3.65. The Hall–Kier alpha value is -4.98. The highest BCUT2D eigenvalue weighted by Gasteiger charge is 2.26. The molecule has 0 atom stereocenters. The molecular weight excluding hydrogens is 526 g/mol. The van der Waals surface area contributed by atoms with Crippen molar-refractivity contribution in [1.29, 1.82) is 0 Å². The van der Waals surface area contributed by atoms with E-state index in [-0.39, 0.29) is 22.9 Å². The lowest BCUT2D eigenvalue weighted by molar-refractivity contribution is -0.510. The second kappa shape index (κ2) is 10.4. The normalized spacial score (nSPS) is 11.4. The van der Waals surface area contributed by atoms with E-state index in [0.717, 1.165) is 3.97 Å². The van der Waals surface area contributed by atoms with E-state index in [9.17, 15) is 13.5 Å². The molecule has 2 N–H and O–H groups in total. The van der Waals surface area contributed by atoms with Crippen molar-refractivity contribution in [3.8, 4) is 40.3 Å². The largest absolute Gasteiger partial charge is 0.507 e. The molecule has 0 aliphatic heterocycles. The highest BCUT2D eigenvalue weighted by Crippen LogP contribution is 2.38. The molecule has 4 heterocycles. The van der Waals surface area contributed by atoms with Crippen LogP contribution in [0.4, 0.5) is 5.82 Å². The summed E-state index contributed by atoms with van der Waals surface area (Å²) in [5.41, 5.74) is 1.36. The number of nitrogens with zero attached hydrogens (tertiary/aromatic N) is 6. The Morgan fingerprint density at radius 1 is 0.974 bits per heavy atom. The summed E-state index contributed by atoms with van der Waals surface area (Å²) in [6.45, 7) is 2.29. The molecule has 0 radical (unpaired) electrons. The van der Waals surface area contributed by atoms with E-state index < -0.39 is 10.2 Å². The fourth-order valence-electron chi connectivity index (χ4n) is 3.85. The van der Waals surface area contributed by atoms with Crippen molar-refractivity contribution >= 4 is 27.3 Å². The Bertz CT molecular complexity index is 1740. The Morgan fingerprint density at radius 3 is 2.33 bits per heavy atom. The minimum Gasteiger partial charge on any atom is -0.507 e. The van der Waals surface area contributed by atoms with Crippen molar-refractivity contribution in [2.75, 3.05) is 25.5 Å². The molecule has 0 saturated carbocycles. The van der Waals surface area contributed by atoms with Crippen molar-refractivity contribution in [2.24, 2.45) is 0 Å². The molecule has 0 saturated heterocycles. The number of aromatic hydroxyl groups is 1. The van der Waals surface area contributed by atoms with E-state index in [0.29, 0.717) is 41.2 Å². The van der Waals surface area contributed by atoms with Crippen LogP contribution in [-0.4, -0.2) is 58.9 Å². The molecule has 39 heavy (non-hydrogen) atoms. The highest BCUT2D eigenvalue weighted by molar-refractivity contribution is 7.86. The number of hydrogen-bond donors (Lipinski definition) is 2. The van der Waals surface area contributed by atoms with Crippen LogP contribution in [0.25, 0.3) is 28.5 Å². The fourth-order valence-corrected chi connectivity index (χ4v) is 4.77. The Labute approximate surface area is 223 Å². The average Bonchev–Trinajstić information content (AvgIpc) is 3.31. The minimum absolute atomic E-state index is 0.0688. The second-order valence-electron chi connectivity index (χ2n) is 7.97. The number of fused-ring (bicyclic) bond motifs is 1. The van der Waals surface area contributed by atoms with E-state index in [4.69, 9.17) is 14.2 Å².